The third kappa shape index (κ3) is 71.3. The number of unbranched alkanes of at least 4 members (excludes halogenated alkanes) is 20. The third-order valence-electron chi connectivity index (χ3n) is 15.2. The van der Waals surface area contributed by atoms with Gasteiger partial charge in [-0.1, -0.05) is 244 Å². The maximum absolute atomic E-state index is 13.1. The van der Waals surface area contributed by atoms with Crippen molar-refractivity contribution in [1.82, 2.24) is 0 Å². The molecular weight excluding hydrogens is 1310 g/mol. The highest BCUT2D eigenvalue weighted by molar-refractivity contribution is 7.47. The Kier molecular flexibility index (Phi) is 68.6. The lowest BCUT2D eigenvalue weighted by Crippen LogP contribution is -2.30. The Morgan fingerprint density at radius 3 is 0.860 bits per heavy atom. The molecule has 5 unspecified atom stereocenters. The van der Waals surface area contributed by atoms with Crippen LogP contribution in [0.4, 0.5) is 0 Å². The van der Waals surface area contributed by atoms with E-state index in [1.807, 2.05) is 0 Å². The van der Waals surface area contributed by atoms with Crippen LogP contribution in [0.2, 0.25) is 0 Å². The Morgan fingerprint density at radius 1 is 0.290 bits per heavy atom. The summed E-state index contributed by atoms with van der Waals surface area (Å²) in [4.78, 5) is 72.9. The lowest BCUT2D eigenvalue weighted by molar-refractivity contribution is -0.161. The number of aliphatic hydroxyl groups is 1. The highest BCUT2D eigenvalue weighted by atomic mass is 31.2. The summed E-state index contributed by atoms with van der Waals surface area (Å²) in [7, 11) is -9.99. The highest BCUT2D eigenvalue weighted by Crippen LogP contribution is 2.45. The number of carbonyl (C=O) groups excluding carboxylic acids is 4. The maximum Gasteiger partial charge on any atom is 0.472 e. The predicted molar refractivity (Wildman–Crippen MR) is 408 cm³/mol. The minimum absolute atomic E-state index is 0.0319. The van der Waals surface area contributed by atoms with Gasteiger partial charge in [-0.3, -0.25) is 37.3 Å². The summed E-state index contributed by atoms with van der Waals surface area (Å²) in [6.45, 7) is 4.43. The van der Waals surface area contributed by atoms with Crippen LogP contribution < -0.4 is 0 Å². The van der Waals surface area contributed by atoms with Gasteiger partial charge in [-0.15, -0.1) is 0 Å². The molecule has 0 aliphatic heterocycles. The second-order valence-corrected chi connectivity index (χ2v) is 27.7. The van der Waals surface area contributed by atoms with Crippen molar-refractivity contribution in [2.45, 2.75) is 303 Å². The van der Waals surface area contributed by atoms with E-state index in [4.69, 9.17) is 37.0 Å². The Bertz CT molecular complexity index is 2470. The first-order valence-electron chi connectivity index (χ1n) is 38.1. The van der Waals surface area contributed by atoms with E-state index in [1.165, 1.54) is 19.3 Å². The molecule has 0 bridgehead atoms. The standard InChI is InChI=1S/C81H134O17P2/c1-5-9-13-17-21-25-29-33-36-37-40-43-46-50-54-58-62-66-79(84)92-72-77(98-81(86)68-64-60-56-52-48-44-39-35-31-27-23-19-15-11-7-3)74-96-100(89,90)94-70-75(82)69-93-99(87,88)95-73-76(97-80(85)67-63-59-55-51-47-41-32-28-24-20-16-12-8-4)71-91-78(83)65-61-57-53-49-45-42-38-34-30-26-22-18-14-10-6-2/h9,11,13,15-16,20-23,25-28,32-36,38-40,43,48,52,75-77,82H,5-8,10,12,14,17-19,24,29-31,37,41-42,44-47,49-51,53-74H2,1-4H3,(H,87,88)(H,89,90)/b13-9-,15-11-,20-16-,25-21-,26-22-,27-23-,32-28-,36-33-,38-34-,39-35-,43-40-,52-48-. The molecule has 0 fully saturated rings. The molecule has 0 radical (unpaired) electrons. The zero-order valence-corrected chi connectivity index (χ0v) is 63.9. The number of hydrogen-bond acceptors (Lipinski definition) is 15. The van der Waals surface area contributed by atoms with Gasteiger partial charge in [0.25, 0.3) is 0 Å². The fraction of sp³-hybridized carbons (Fsp3) is 0.654. The van der Waals surface area contributed by atoms with E-state index < -0.39 is 97.5 Å². The lowest BCUT2D eigenvalue weighted by atomic mass is 10.1. The molecule has 100 heavy (non-hydrogen) atoms. The number of phosphoric ester groups is 2. The van der Waals surface area contributed by atoms with Crippen molar-refractivity contribution in [3.05, 3.63) is 146 Å². The molecule has 570 valence electrons. The van der Waals surface area contributed by atoms with E-state index in [-0.39, 0.29) is 25.7 Å². The average Bonchev–Trinajstić information content (AvgIpc) is 1.06. The van der Waals surface area contributed by atoms with Crippen LogP contribution >= 0.6 is 15.6 Å². The van der Waals surface area contributed by atoms with Gasteiger partial charge in [-0.25, -0.2) is 9.13 Å². The topological polar surface area (TPSA) is 237 Å². The van der Waals surface area contributed by atoms with Crippen LogP contribution in [-0.2, 0) is 65.4 Å². The van der Waals surface area contributed by atoms with E-state index in [1.54, 1.807) is 0 Å². The third-order valence-corrected chi connectivity index (χ3v) is 17.2. The summed E-state index contributed by atoms with van der Waals surface area (Å²) in [5.74, 6) is -2.29. The van der Waals surface area contributed by atoms with Gasteiger partial charge in [-0.2, -0.15) is 0 Å². The van der Waals surface area contributed by atoms with E-state index in [9.17, 15) is 43.2 Å². The van der Waals surface area contributed by atoms with Gasteiger partial charge in [0.15, 0.2) is 12.2 Å². The van der Waals surface area contributed by atoms with Crippen LogP contribution in [0.3, 0.4) is 0 Å². The normalized spacial score (nSPS) is 14.8. The molecule has 0 aliphatic carbocycles. The zero-order chi connectivity index (χ0) is 73.2. The molecule has 17 nitrogen and oxygen atoms in total. The van der Waals surface area contributed by atoms with Crippen molar-refractivity contribution >= 4 is 39.5 Å². The van der Waals surface area contributed by atoms with Crippen molar-refractivity contribution in [3.8, 4) is 0 Å². The molecule has 0 aromatic heterocycles. The average molecular weight is 1440 g/mol. The molecule has 0 aromatic rings. The Labute approximate surface area is 605 Å². The van der Waals surface area contributed by atoms with E-state index in [0.29, 0.717) is 32.1 Å². The van der Waals surface area contributed by atoms with Crippen LogP contribution in [0.15, 0.2) is 146 Å². The summed E-state index contributed by atoms with van der Waals surface area (Å²) < 4.78 is 68.4. The molecule has 0 aromatic carbocycles. The first kappa shape index (κ1) is 94.9. The number of ether oxygens (including phenoxy) is 4. The summed E-state index contributed by atoms with van der Waals surface area (Å²) in [6, 6.07) is 0. The smallest absolute Gasteiger partial charge is 0.462 e. The van der Waals surface area contributed by atoms with Crippen LogP contribution in [0.25, 0.3) is 0 Å². The number of esters is 4. The van der Waals surface area contributed by atoms with Crippen molar-refractivity contribution in [2.75, 3.05) is 39.6 Å². The second-order valence-electron chi connectivity index (χ2n) is 24.8. The monoisotopic (exact) mass is 1440 g/mol. The summed E-state index contributed by atoms with van der Waals surface area (Å²) in [5, 5.41) is 10.6. The van der Waals surface area contributed by atoms with Crippen molar-refractivity contribution < 1.29 is 80.2 Å². The first-order valence-corrected chi connectivity index (χ1v) is 41.1. The van der Waals surface area contributed by atoms with Crippen LogP contribution in [0.1, 0.15) is 285 Å². The van der Waals surface area contributed by atoms with Crippen LogP contribution in [-0.4, -0.2) is 96.7 Å². The molecular formula is C81H134O17P2. The second kappa shape index (κ2) is 72.3. The van der Waals surface area contributed by atoms with E-state index >= 15 is 0 Å². The van der Waals surface area contributed by atoms with Crippen LogP contribution in [0.5, 0.6) is 0 Å². The Balaban J connectivity index is 5.44. The summed E-state index contributed by atoms with van der Waals surface area (Å²) in [5.41, 5.74) is 0. The largest absolute Gasteiger partial charge is 0.472 e. The molecule has 0 rings (SSSR count). The van der Waals surface area contributed by atoms with E-state index in [2.05, 4.69) is 174 Å². The number of rotatable bonds is 70. The van der Waals surface area contributed by atoms with Crippen molar-refractivity contribution in [2.24, 2.45) is 0 Å². The Hall–Kier alpha value is -5.06. The van der Waals surface area contributed by atoms with Crippen molar-refractivity contribution in [1.29, 1.82) is 0 Å². The fourth-order valence-electron chi connectivity index (χ4n) is 9.50. The number of hydrogen-bond donors (Lipinski definition) is 3. The fourth-order valence-corrected chi connectivity index (χ4v) is 11.1. The van der Waals surface area contributed by atoms with Gasteiger partial charge in [0.05, 0.1) is 26.4 Å². The van der Waals surface area contributed by atoms with Gasteiger partial charge in [0, 0.05) is 25.7 Å². The number of aliphatic hydroxyl groups excluding tert-OH is 1. The molecule has 0 saturated carbocycles. The lowest BCUT2D eigenvalue weighted by Gasteiger charge is -2.21. The first-order chi connectivity index (χ1) is 48.7. The molecule has 0 heterocycles. The minimum Gasteiger partial charge on any atom is -0.462 e. The maximum atomic E-state index is 13.1. The number of allylic oxidation sites excluding steroid dienone is 24. The summed E-state index contributed by atoms with van der Waals surface area (Å²) >= 11 is 0. The molecule has 0 saturated heterocycles. The van der Waals surface area contributed by atoms with Crippen molar-refractivity contribution in [3.63, 3.8) is 0 Å². The SMILES string of the molecule is CC/C=C\C/C=C\C/C=C\C/C=C\CCCCCCC(=O)OCC(COP(=O)(O)OCC(O)COP(=O)(O)OCC(COC(=O)CCCCCCC/C=C\C/C=C\CCCCC)OC(=O)CCCCCCC/C=C\C/C=C\CCC)OC(=O)CCCC/C=C\C/C=C\C/C=C\C/C=C\CC. The molecule has 19 heteroatoms. The van der Waals surface area contributed by atoms with E-state index in [0.717, 1.165) is 180 Å². The summed E-state index contributed by atoms with van der Waals surface area (Å²) in [6.07, 6.45) is 81.3. The molecule has 0 spiro atoms. The van der Waals surface area contributed by atoms with Gasteiger partial charge in [0.1, 0.15) is 19.3 Å². The van der Waals surface area contributed by atoms with Gasteiger partial charge < -0.3 is 33.8 Å². The van der Waals surface area contributed by atoms with Gasteiger partial charge in [0.2, 0.25) is 0 Å². The van der Waals surface area contributed by atoms with Crippen LogP contribution in [0, 0.1) is 0 Å². The quantitative estimate of drug-likeness (QED) is 0.0169. The molecule has 5 atom stereocenters. The molecule has 3 N–H and O–H groups in total. The number of carbonyl (C=O) groups is 4. The predicted octanol–water partition coefficient (Wildman–Crippen LogP) is 21.9. The molecule has 0 amide bonds. The molecule has 0 aliphatic rings. The van der Waals surface area contributed by atoms with Gasteiger partial charge in [-0.05, 0) is 161 Å². The highest BCUT2D eigenvalue weighted by Gasteiger charge is 2.30. The minimum atomic E-state index is -5.00. The zero-order valence-electron chi connectivity index (χ0n) is 62.1. The van der Waals surface area contributed by atoms with Gasteiger partial charge >= 0.3 is 39.5 Å². The number of phosphoric acid groups is 2. The Morgan fingerprint density at radius 2 is 0.540 bits per heavy atom.